The lowest BCUT2D eigenvalue weighted by molar-refractivity contribution is -0.130. The van der Waals surface area contributed by atoms with Crippen LogP contribution in [0.2, 0.25) is 0 Å². The van der Waals surface area contributed by atoms with Crippen molar-refractivity contribution in [2.75, 3.05) is 44.2 Å². The summed E-state index contributed by atoms with van der Waals surface area (Å²) < 4.78 is 18.9. The molecular formula is C38H37FN4O5. The summed E-state index contributed by atoms with van der Waals surface area (Å²) in [5.74, 6) is -1.66. The van der Waals surface area contributed by atoms with Gasteiger partial charge in [0.25, 0.3) is 5.91 Å². The summed E-state index contributed by atoms with van der Waals surface area (Å²) in [5.41, 5.74) is 2.97. The van der Waals surface area contributed by atoms with Crippen molar-refractivity contribution in [1.82, 2.24) is 15.1 Å². The second kappa shape index (κ2) is 14.5. The Morgan fingerprint density at radius 3 is 2.35 bits per heavy atom. The molecule has 0 spiro atoms. The molecule has 7 rings (SSSR count). The number of aryl methyl sites for hydroxylation is 1. The molecule has 3 amide bonds. The summed E-state index contributed by atoms with van der Waals surface area (Å²) in [6.45, 7) is 5.43. The van der Waals surface area contributed by atoms with Crippen LogP contribution in [0.3, 0.4) is 0 Å². The van der Waals surface area contributed by atoms with Gasteiger partial charge < -0.3 is 24.4 Å². The maximum atomic E-state index is 13.5. The summed E-state index contributed by atoms with van der Waals surface area (Å²) in [7, 11) is 0. The molecule has 0 unspecified atom stereocenters. The number of piperazine rings is 1. The zero-order valence-electron chi connectivity index (χ0n) is 26.8. The first-order chi connectivity index (χ1) is 23.2. The number of carbonyl (C=O) groups excluding carboxylic acids is 3. The molecule has 4 aromatic carbocycles. The monoisotopic (exact) mass is 648 g/mol. The number of hydrogen-bond acceptors (Lipinski definition) is 6. The Balaban J connectivity index is 0.000000307. The minimum Gasteiger partial charge on any atom is -0.451 e. The lowest BCUT2D eigenvalue weighted by atomic mass is 10.1. The summed E-state index contributed by atoms with van der Waals surface area (Å²) in [6, 6.07) is 27.4. The summed E-state index contributed by atoms with van der Waals surface area (Å²) in [4.78, 5) is 55.3. The molecule has 0 atom stereocenters. The van der Waals surface area contributed by atoms with Crippen LogP contribution in [0.4, 0.5) is 10.1 Å². The van der Waals surface area contributed by atoms with Gasteiger partial charge >= 0.3 is 0 Å². The fourth-order valence-corrected chi connectivity index (χ4v) is 6.13. The predicted octanol–water partition coefficient (Wildman–Crippen LogP) is 5.28. The number of hydrogen-bond donors (Lipinski definition) is 1. The fraction of sp³-hybridized carbons (Fsp3) is 0.263. The maximum Gasteiger partial charge on any atom is 0.287 e. The van der Waals surface area contributed by atoms with Crippen LogP contribution in [0.5, 0.6) is 0 Å². The molecule has 5 aromatic rings. The highest BCUT2D eigenvalue weighted by Gasteiger charge is 2.25. The van der Waals surface area contributed by atoms with Gasteiger partial charge in [0.2, 0.25) is 11.8 Å². The number of benzene rings is 4. The van der Waals surface area contributed by atoms with Crippen molar-refractivity contribution in [2.24, 2.45) is 0 Å². The van der Waals surface area contributed by atoms with E-state index in [-0.39, 0.29) is 35.1 Å². The van der Waals surface area contributed by atoms with Gasteiger partial charge in [0.1, 0.15) is 11.4 Å². The quantitative estimate of drug-likeness (QED) is 0.269. The second-order valence-electron chi connectivity index (χ2n) is 12.1. The average Bonchev–Trinajstić information content (AvgIpc) is 3.51. The summed E-state index contributed by atoms with van der Waals surface area (Å²) in [5, 5.41) is 5.30. The molecule has 1 N–H and O–H groups in total. The van der Waals surface area contributed by atoms with E-state index in [0.717, 1.165) is 42.4 Å². The molecule has 0 aliphatic carbocycles. The first-order valence-corrected chi connectivity index (χ1v) is 16.1. The lowest BCUT2D eigenvalue weighted by Gasteiger charge is -2.37. The van der Waals surface area contributed by atoms with E-state index in [4.69, 9.17) is 4.42 Å². The Bertz CT molecular complexity index is 2040. The van der Waals surface area contributed by atoms with E-state index < -0.39 is 17.2 Å². The van der Waals surface area contributed by atoms with Crippen LogP contribution in [0, 0.1) is 12.7 Å². The largest absolute Gasteiger partial charge is 0.451 e. The SMILES string of the molecule is Cc1ccc2ccccc2c1.O=C(NCC(=O)N1CCN(c2ccccc2CN2CCCC2=O)CC1)c1cc(=O)c2ccc(F)cc2o1. The zero-order valence-corrected chi connectivity index (χ0v) is 26.8. The molecule has 10 heteroatoms. The fourth-order valence-electron chi connectivity index (χ4n) is 6.13. The maximum absolute atomic E-state index is 13.5. The number of nitrogens with zero attached hydrogens (tertiary/aromatic N) is 3. The van der Waals surface area contributed by atoms with E-state index in [9.17, 15) is 23.6 Å². The third kappa shape index (κ3) is 7.54. The third-order valence-corrected chi connectivity index (χ3v) is 8.72. The van der Waals surface area contributed by atoms with Crippen LogP contribution >= 0.6 is 0 Å². The molecular weight excluding hydrogens is 611 g/mol. The number of nitrogens with one attached hydrogen (secondary N) is 1. The van der Waals surface area contributed by atoms with Crippen molar-refractivity contribution in [1.29, 1.82) is 0 Å². The minimum atomic E-state index is -0.722. The van der Waals surface area contributed by atoms with Gasteiger partial charge in [-0.25, -0.2) is 4.39 Å². The molecule has 3 heterocycles. The highest BCUT2D eigenvalue weighted by Crippen LogP contribution is 2.25. The van der Waals surface area contributed by atoms with E-state index in [1.54, 1.807) is 4.90 Å². The van der Waals surface area contributed by atoms with Crippen molar-refractivity contribution in [2.45, 2.75) is 26.3 Å². The van der Waals surface area contributed by atoms with Crippen molar-refractivity contribution in [3.8, 4) is 0 Å². The van der Waals surface area contributed by atoms with Crippen molar-refractivity contribution >= 4 is 45.2 Å². The van der Waals surface area contributed by atoms with Gasteiger partial charge in [0.05, 0.1) is 11.9 Å². The van der Waals surface area contributed by atoms with Crippen molar-refractivity contribution in [3.05, 3.63) is 124 Å². The number of rotatable bonds is 6. The normalized spacial score (nSPS) is 14.6. The van der Waals surface area contributed by atoms with E-state index >= 15 is 0 Å². The average molecular weight is 649 g/mol. The van der Waals surface area contributed by atoms with E-state index in [2.05, 4.69) is 59.6 Å². The molecule has 0 bridgehead atoms. The van der Waals surface area contributed by atoms with Gasteiger partial charge in [0, 0.05) is 63.5 Å². The van der Waals surface area contributed by atoms with Crippen LogP contribution in [0.1, 0.15) is 34.5 Å². The highest BCUT2D eigenvalue weighted by molar-refractivity contribution is 5.95. The van der Waals surface area contributed by atoms with Gasteiger partial charge in [-0.2, -0.15) is 0 Å². The minimum absolute atomic E-state index is 0.0329. The standard InChI is InChI=1S/C27H27FN4O5.C11H10/c28-19-7-8-20-22(33)15-24(37-23(20)14-19)27(36)29-16-26(35)31-12-10-30(11-13-31)21-5-2-1-4-18(21)17-32-9-3-6-25(32)34;1-9-6-7-10-4-2-3-5-11(10)8-9/h1-2,4-5,7-8,14-15H,3,6,9-13,16-17H2,(H,29,36);2-8H,1H3. The molecule has 9 nitrogen and oxygen atoms in total. The molecule has 0 saturated carbocycles. The Hall–Kier alpha value is -5.51. The topological polar surface area (TPSA) is 103 Å². The number of fused-ring (bicyclic) bond motifs is 2. The summed E-state index contributed by atoms with van der Waals surface area (Å²) in [6.07, 6.45) is 1.49. The predicted molar refractivity (Wildman–Crippen MR) is 183 cm³/mol. The van der Waals surface area contributed by atoms with Gasteiger partial charge in [-0.1, -0.05) is 66.2 Å². The van der Waals surface area contributed by atoms with Crippen molar-refractivity contribution < 1.29 is 23.2 Å². The van der Waals surface area contributed by atoms with Gasteiger partial charge in [-0.3, -0.25) is 19.2 Å². The van der Waals surface area contributed by atoms with Gasteiger partial charge in [-0.15, -0.1) is 0 Å². The molecule has 2 aliphatic rings. The molecule has 2 aliphatic heterocycles. The molecule has 1 aromatic heterocycles. The summed E-state index contributed by atoms with van der Waals surface area (Å²) >= 11 is 0. The van der Waals surface area contributed by atoms with Crippen LogP contribution in [0.15, 0.2) is 100 Å². The molecule has 48 heavy (non-hydrogen) atoms. The molecule has 246 valence electrons. The third-order valence-electron chi connectivity index (χ3n) is 8.72. The van der Waals surface area contributed by atoms with Gasteiger partial charge in [-0.05, 0) is 47.9 Å². The van der Waals surface area contributed by atoms with E-state index in [0.29, 0.717) is 39.1 Å². The lowest BCUT2D eigenvalue weighted by Crippen LogP contribution is -2.51. The van der Waals surface area contributed by atoms with E-state index in [1.807, 2.05) is 29.2 Å². The van der Waals surface area contributed by atoms with Crippen LogP contribution in [-0.2, 0) is 16.1 Å². The smallest absolute Gasteiger partial charge is 0.287 e. The number of likely N-dealkylation sites (tertiary alicyclic amines) is 1. The van der Waals surface area contributed by atoms with E-state index in [1.165, 1.54) is 22.4 Å². The number of amides is 3. The number of carbonyl (C=O) groups is 3. The highest BCUT2D eigenvalue weighted by atomic mass is 19.1. The molecule has 2 saturated heterocycles. The Morgan fingerprint density at radius 2 is 1.58 bits per heavy atom. The Kier molecular flexibility index (Phi) is 9.80. The molecule has 2 fully saturated rings. The number of para-hydroxylation sites is 1. The first-order valence-electron chi connectivity index (χ1n) is 16.1. The number of halogens is 1. The van der Waals surface area contributed by atoms with Crippen LogP contribution < -0.4 is 15.6 Å². The zero-order chi connectivity index (χ0) is 33.6. The second-order valence-corrected chi connectivity index (χ2v) is 12.1. The van der Waals surface area contributed by atoms with Gasteiger partial charge in [0.15, 0.2) is 11.2 Å². The molecule has 0 radical (unpaired) electrons. The van der Waals surface area contributed by atoms with Crippen LogP contribution in [0.25, 0.3) is 21.7 Å². The Labute approximate surface area is 277 Å². The van der Waals surface area contributed by atoms with Crippen molar-refractivity contribution in [3.63, 3.8) is 0 Å². The first kappa shape index (κ1) is 32.4. The Morgan fingerprint density at radius 1 is 0.833 bits per heavy atom. The number of anilines is 1. The van der Waals surface area contributed by atoms with Crippen LogP contribution in [-0.4, -0.2) is 66.8 Å².